The molecule has 0 saturated carbocycles. The number of hydrogen-bond donors (Lipinski definition) is 2. The van der Waals surface area contributed by atoms with E-state index in [2.05, 4.69) is 52.2 Å². The van der Waals surface area contributed by atoms with Crippen LogP contribution in [0.4, 0.5) is 0 Å². The van der Waals surface area contributed by atoms with Gasteiger partial charge in [-0.15, -0.1) is 0 Å². The Kier molecular flexibility index (Phi) is 6.65. The van der Waals surface area contributed by atoms with Crippen molar-refractivity contribution in [2.75, 3.05) is 6.54 Å². The molecule has 2 atom stereocenters. The van der Waals surface area contributed by atoms with Crippen LogP contribution in [0.3, 0.4) is 0 Å². The third-order valence-corrected chi connectivity index (χ3v) is 7.47. The van der Waals surface area contributed by atoms with Crippen LogP contribution in [-0.2, 0) is 17.9 Å². The van der Waals surface area contributed by atoms with Gasteiger partial charge in [0, 0.05) is 37.3 Å². The van der Waals surface area contributed by atoms with Crippen molar-refractivity contribution < 1.29 is 4.79 Å². The Bertz CT molecular complexity index is 1260. The maximum absolute atomic E-state index is 13.3. The largest absolute Gasteiger partial charge is 0.351 e. The van der Waals surface area contributed by atoms with Gasteiger partial charge in [-0.1, -0.05) is 53.7 Å². The molecule has 1 fully saturated rings. The number of aromatic nitrogens is 3. The summed E-state index contributed by atoms with van der Waals surface area (Å²) in [5.41, 5.74) is 6.80. The van der Waals surface area contributed by atoms with Crippen molar-refractivity contribution in [2.24, 2.45) is 0 Å². The van der Waals surface area contributed by atoms with Gasteiger partial charge in [-0.3, -0.25) is 14.7 Å². The van der Waals surface area contributed by atoms with Gasteiger partial charge >= 0.3 is 0 Å². The minimum absolute atomic E-state index is 0.0712. The molecule has 1 amide bonds. The summed E-state index contributed by atoms with van der Waals surface area (Å²) in [6, 6.07) is 18.3. The number of nitrogens with zero attached hydrogens (tertiary/aromatic N) is 3. The number of aryl methyl sites for hydroxylation is 2. The number of para-hydroxylation sites is 2. The summed E-state index contributed by atoms with van der Waals surface area (Å²) in [4.78, 5) is 27.9. The highest BCUT2D eigenvalue weighted by molar-refractivity contribution is 7.99. The number of carbonyl (C=O) groups excluding carboxylic acids is 1. The Balaban J connectivity index is 1.33. The third kappa shape index (κ3) is 5.16. The van der Waals surface area contributed by atoms with Crippen LogP contribution in [0.5, 0.6) is 0 Å². The molecule has 4 aromatic rings. The average molecular weight is 472 g/mol. The first-order chi connectivity index (χ1) is 16.5. The number of thioether (sulfide) groups is 1. The first kappa shape index (κ1) is 22.6. The molecule has 0 aliphatic carbocycles. The van der Waals surface area contributed by atoms with E-state index in [1.54, 1.807) is 24.2 Å². The molecule has 1 saturated heterocycles. The topological polar surface area (TPSA) is 73.9 Å². The van der Waals surface area contributed by atoms with Gasteiger partial charge in [0.25, 0.3) is 0 Å². The van der Waals surface area contributed by atoms with Crippen molar-refractivity contribution in [3.63, 3.8) is 0 Å². The highest BCUT2D eigenvalue weighted by atomic mass is 32.2. The van der Waals surface area contributed by atoms with Crippen LogP contribution < -0.4 is 5.32 Å². The molecule has 6 nitrogen and oxygen atoms in total. The number of fused-ring (bicyclic) bond motifs is 1. The van der Waals surface area contributed by atoms with Crippen molar-refractivity contribution in [3.8, 4) is 0 Å². The number of benzene rings is 2. The lowest BCUT2D eigenvalue weighted by Crippen LogP contribution is -2.42. The number of amides is 1. The summed E-state index contributed by atoms with van der Waals surface area (Å²) in [6.07, 6.45) is 4.32. The highest BCUT2D eigenvalue weighted by Gasteiger charge is 2.37. The van der Waals surface area contributed by atoms with E-state index in [0.29, 0.717) is 6.54 Å². The van der Waals surface area contributed by atoms with Crippen LogP contribution in [-0.4, -0.2) is 43.6 Å². The predicted molar refractivity (Wildman–Crippen MR) is 137 cm³/mol. The summed E-state index contributed by atoms with van der Waals surface area (Å²) in [5.74, 6) is 0.0712. The van der Waals surface area contributed by atoms with E-state index in [0.717, 1.165) is 41.3 Å². The predicted octanol–water partition coefficient (Wildman–Crippen LogP) is 4.63. The molecule has 34 heavy (non-hydrogen) atoms. The van der Waals surface area contributed by atoms with E-state index < -0.39 is 0 Å². The monoisotopic (exact) mass is 471 g/mol. The lowest BCUT2D eigenvalue weighted by atomic mass is 10.0. The number of aromatic amines is 1. The molecule has 0 unspecified atom stereocenters. The Morgan fingerprint density at radius 3 is 2.88 bits per heavy atom. The average Bonchev–Trinajstić information content (AvgIpc) is 3.44. The van der Waals surface area contributed by atoms with Gasteiger partial charge < -0.3 is 10.3 Å². The van der Waals surface area contributed by atoms with Crippen LogP contribution in [0, 0.1) is 13.8 Å². The van der Waals surface area contributed by atoms with E-state index in [9.17, 15) is 4.79 Å². The number of carbonyl (C=O) groups is 1. The standard InChI is InChI=1S/C27H29N5OS/c1-18-9-10-19(2)21(12-18)16-32-17-22(34-27-30-23-7-3-4-8-24(23)31-27)13-25(32)26(33)29-15-20-6-5-11-28-14-20/h3-12,14,22,25H,13,15-17H2,1-2H3,(H,29,33)(H,30,31)/t22-,25+/m1/s1. The molecule has 2 aromatic heterocycles. The molecule has 7 heteroatoms. The minimum Gasteiger partial charge on any atom is -0.351 e. The molecule has 2 aromatic carbocycles. The molecule has 5 rings (SSSR count). The molecule has 1 aliphatic rings. The first-order valence-electron chi connectivity index (χ1n) is 11.6. The number of imidazole rings is 1. The summed E-state index contributed by atoms with van der Waals surface area (Å²) in [6.45, 7) is 6.34. The first-order valence-corrected chi connectivity index (χ1v) is 12.5. The van der Waals surface area contributed by atoms with Crippen molar-refractivity contribution in [3.05, 3.63) is 89.2 Å². The van der Waals surface area contributed by atoms with E-state index in [4.69, 9.17) is 4.98 Å². The van der Waals surface area contributed by atoms with E-state index in [-0.39, 0.29) is 17.2 Å². The molecule has 174 valence electrons. The van der Waals surface area contributed by atoms with Crippen molar-refractivity contribution in [1.82, 2.24) is 25.2 Å². The molecular formula is C27H29N5OS. The zero-order valence-electron chi connectivity index (χ0n) is 19.5. The maximum atomic E-state index is 13.3. The lowest BCUT2D eigenvalue weighted by molar-refractivity contribution is -0.125. The number of likely N-dealkylation sites (tertiary alicyclic amines) is 1. The van der Waals surface area contributed by atoms with Crippen molar-refractivity contribution in [1.29, 1.82) is 0 Å². The van der Waals surface area contributed by atoms with Crippen molar-refractivity contribution >= 4 is 28.7 Å². The van der Waals surface area contributed by atoms with Gasteiger partial charge in [-0.05, 0) is 55.2 Å². The van der Waals surface area contributed by atoms with Crippen LogP contribution in [0.15, 0.2) is 72.1 Å². The Morgan fingerprint density at radius 2 is 2.06 bits per heavy atom. The van der Waals surface area contributed by atoms with Crippen molar-refractivity contribution in [2.45, 2.75) is 49.8 Å². The molecule has 0 spiro atoms. The summed E-state index contributed by atoms with van der Waals surface area (Å²) < 4.78 is 0. The fraction of sp³-hybridized carbons (Fsp3) is 0.296. The molecule has 2 N–H and O–H groups in total. The van der Waals surface area contributed by atoms with E-state index in [1.165, 1.54) is 16.7 Å². The zero-order chi connectivity index (χ0) is 23.5. The number of hydrogen-bond acceptors (Lipinski definition) is 5. The number of rotatable bonds is 7. The van der Waals surface area contributed by atoms with Crippen LogP contribution >= 0.6 is 11.8 Å². The summed E-state index contributed by atoms with van der Waals surface area (Å²) >= 11 is 1.74. The Labute approximate surface area is 204 Å². The number of nitrogens with one attached hydrogen (secondary N) is 2. The smallest absolute Gasteiger partial charge is 0.237 e. The third-order valence-electron chi connectivity index (χ3n) is 6.38. The van der Waals surface area contributed by atoms with Gasteiger partial charge in [0.15, 0.2) is 5.16 Å². The second kappa shape index (κ2) is 9.99. The summed E-state index contributed by atoms with van der Waals surface area (Å²) in [5, 5.41) is 4.32. The molecule has 0 radical (unpaired) electrons. The lowest BCUT2D eigenvalue weighted by Gasteiger charge is -2.24. The van der Waals surface area contributed by atoms with Crippen LogP contribution in [0.1, 0.15) is 28.7 Å². The Morgan fingerprint density at radius 1 is 1.18 bits per heavy atom. The van der Waals surface area contributed by atoms with Gasteiger partial charge in [-0.25, -0.2) is 4.98 Å². The molecular weight excluding hydrogens is 442 g/mol. The van der Waals surface area contributed by atoms with E-state index >= 15 is 0 Å². The van der Waals surface area contributed by atoms with Crippen LogP contribution in [0.2, 0.25) is 0 Å². The molecule has 1 aliphatic heterocycles. The second-order valence-corrected chi connectivity index (χ2v) is 10.3. The van der Waals surface area contributed by atoms with Gasteiger partial charge in [0.2, 0.25) is 5.91 Å². The Hall–Kier alpha value is -3.16. The maximum Gasteiger partial charge on any atom is 0.237 e. The van der Waals surface area contributed by atoms with Gasteiger partial charge in [0.05, 0.1) is 17.1 Å². The quantitative estimate of drug-likeness (QED) is 0.411. The number of pyridine rings is 1. The van der Waals surface area contributed by atoms with Gasteiger partial charge in [0.1, 0.15) is 0 Å². The van der Waals surface area contributed by atoms with E-state index in [1.807, 2.05) is 36.4 Å². The highest BCUT2D eigenvalue weighted by Crippen LogP contribution is 2.34. The van der Waals surface area contributed by atoms with Gasteiger partial charge in [-0.2, -0.15) is 0 Å². The molecule has 0 bridgehead atoms. The summed E-state index contributed by atoms with van der Waals surface area (Å²) in [7, 11) is 0. The second-order valence-electron chi connectivity index (χ2n) is 8.99. The fourth-order valence-electron chi connectivity index (χ4n) is 4.54. The normalized spacial score (nSPS) is 18.4. The zero-order valence-corrected chi connectivity index (χ0v) is 20.3. The minimum atomic E-state index is -0.182. The van der Waals surface area contributed by atoms with Crippen LogP contribution in [0.25, 0.3) is 11.0 Å². The SMILES string of the molecule is Cc1ccc(C)c(CN2C[C@H](Sc3nc4ccccc4[nH]3)C[C@H]2C(=O)NCc2cccnc2)c1. The number of H-pyrrole nitrogens is 1. The molecule has 3 heterocycles. The fourth-order valence-corrected chi connectivity index (χ4v) is 5.72.